The van der Waals surface area contributed by atoms with Crippen molar-refractivity contribution >= 4 is 16.8 Å². The van der Waals surface area contributed by atoms with Crippen molar-refractivity contribution in [2.45, 2.75) is 33.3 Å². The van der Waals surface area contributed by atoms with E-state index in [1.54, 1.807) is 0 Å². The molecule has 1 unspecified atom stereocenters. The first-order valence-corrected chi connectivity index (χ1v) is 7.52. The van der Waals surface area contributed by atoms with Crippen LogP contribution >= 0.6 is 0 Å². The first-order chi connectivity index (χ1) is 10.0. The van der Waals surface area contributed by atoms with Gasteiger partial charge in [-0.2, -0.15) is 0 Å². The molecule has 0 spiro atoms. The lowest BCUT2D eigenvalue weighted by Crippen LogP contribution is -2.45. The van der Waals surface area contributed by atoms with Crippen LogP contribution in [0.15, 0.2) is 18.2 Å². The van der Waals surface area contributed by atoms with Gasteiger partial charge in [0, 0.05) is 29.7 Å². The molecule has 4 nitrogen and oxygen atoms in total. The Balaban J connectivity index is 1.85. The topological polar surface area (TPSA) is 45.3 Å². The lowest BCUT2D eigenvalue weighted by molar-refractivity contribution is -0.137. The summed E-state index contributed by atoms with van der Waals surface area (Å²) in [6.07, 6.45) is 0.594. The number of hydrogen-bond acceptors (Lipinski definition) is 2. The van der Waals surface area contributed by atoms with E-state index >= 15 is 0 Å². The predicted octanol–water partition coefficient (Wildman–Crippen LogP) is 2.57. The van der Waals surface area contributed by atoms with Crippen LogP contribution in [0.2, 0.25) is 0 Å². The van der Waals surface area contributed by atoms with Gasteiger partial charge < -0.3 is 14.6 Å². The highest BCUT2D eigenvalue weighted by molar-refractivity contribution is 5.90. The highest BCUT2D eigenvalue weighted by atomic mass is 16.5. The van der Waals surface area contributed by atoms with Crippen molar-refractivity contribution in [1.82, 2.24) is 9.88 Å². The molecule has 1 N–H and O–H groups in total. The van der Waals surface area contributed by atoms with Gasteiger partial charge in [0.1, 0.15) is 0 Å². The maximum absolute atomic E-state index is 12.5. The lowest BCUT2D eigenvalue weighted by Gasteiger charge is -2.31. The van der Waals surface area contributed by atoms with Crippen LogP contribution in [0.3, 0.4) is 0 Å². The molecule has 3 rings (SSSR count). The Morgan fingerprint density at radius 1 is 1.43 bits per heavy atom. The second-order valence-electron chi connectivity index (χ2n) is 5.98. The van der Waals surface area contributed by atoms with Gasteiger partial charge in [0.25, 0.3) is 0 Å². The van der Waals surface area contributed by atoms with Crippen LogP contribution in [0.1, 0.15) is 23.7 Å². The first kappa shape index (κ1) is 14.1. The Bertz CT molecular complexity index is 675. The van der Waals surface area contributed by atoms with E-state index < -0.39 is 0 Å². The van der Waals surface area contributed by atoms with Gasteiger partial charge in [0.15, 0.2) is 0 Å². The van der Waals surface area contributed by atoms with E-state index in [0.29, 0.717) is 26.1 Å². The normalized spacial score (nSPS) is 19.2. The fourth-order valence-electron chi connectivity index (χ4n) is 3.03. The molecule has 0 radical (unpaired) electrons. The van der Waals surface area contributed by atoms with Crippen LogP contribution in [0.4, 0.5) is 0 Å². The highest BCUT2D eigenvalue weighted by Crippen LogP contribution is 2.24. The molecule has 0 bridgehead atoms. The van der Waals surface area contributed by atoms with Crippen molar-refractivity contribution in [3.8, 4) is 0 Å². The van der Waals surface area contributed by atoms with E-state index in [0.717, 1.165) is 16.8 Å². The standard InChI is InChI=1S/C17H22N2O2/c1-11-4-5-16-15(8-11)14(13(3)18-16)9-17(20)19-6-7-21-12(2)10-19/h4-5,8,12,18H,6-7,9-10H2,1-3H3. The Labute approximate surface area is 125 Å². The van der Waals surface area contributed by atoms with Gasteiger partial charge in [-0.25, -0.2) is 0 Å². The summed E-state index contributed by atoms with van der Waals surface area (Å²) in [5.41, 5.74) is 4.54. The first-order valence-electron chi connectivity index (χ1n) is 7.52. The maximum atomic E-state index is 12.5. The molecule has 0 aliphatic carbocycles. The number of carbonyl (C=O) groups excluding carboxylic acids is 1. The van der Waals surface area contributed by atoms with Crippen molar-refractivity contribution in [2.75, 3.05) is 19.7 Å². The average Bonchev–Trinajstić information content (AvgIpc) is 2.75. The second-order valence-corrected chi connectivity index (χ2v) is 5.98. The maximum Gasteiger partial charge on any atom is 0.227 e. The van der Waals surface area contributed by atoms with Crippen molar-refractivity contribution < 1.29 is 9.53 Å². The highest BCUT2D eigenvalue weighted by Gasteiger charge is 2.23. The number of nitrogens with zero attached hydrogens (tertiary/aromatic N) is 1. The van der Waals surface area contributed by atoms with E-state index in [2.05, 4.69) is 30.1 Å². The van der Waals surface area contributed by atoms with E-state index in [1.807, 2.05) is 18.7 Å². The molecular weight excluding hydrogens is 264 g/mol. The number of ether oxygens (including phenoxy) is 1. The minimum Gasteiger partial charge on any atom is -0.375 e. The molecule has 1 aromatic heterocycles. The molecule has 4 heteroatoms. The van der Waals surface area contributed by atoms with E-state index in [9.17, 15) is 4.79 Å². The molecule has 1 aromatic carbocycles. The van der Waals surface area contributed by atoms with Crippen LogP contribution in [0, 0.1) is 13.8 Å². The summed E-state index contributed by atoms with van der Waals surface area (Å²) in [7, 11) is 0. The average molecular weight is 286 g/mol. The molecule has 1 amide bonds. The number of aryl methyl sites for hydroxylation is 2. The quantitative estimate of drug-likeness (QED) is 0.922. The van der Waals surface area contributed by atoms with Gasteiger partial charge in [-0.3, -0.25) is 4.79 Å². The number of hydrogen-bond donors (Lipinski definition) is 1. The van der Waals surface area contributed by atoms with Gasteiger partial charge in [-0.05, 0) is 38.5 Å². The fourth-order valence-corrected chi connectivity index (χ4v) is 3.03. The molecule has 112 valence electrons. The van der Waals surface area contributed by atoms with Gasteiger partial charge in [0.2, 0.25) is 5.91 Å². The molecule has 1 fully saturated rings. The lowest BCUT2D eigenvalue weighted by atomic mass is 10.0. The monoisotopic (exact) mass is 286 g/mol. The van der Waals surface area contributed by atoms with E-state index in [4.69, 9.17) is 4.74 Å². The number of morpholine rings is 1. The zero-order valence-electron chi connectivity index (χ0n) is 12.9. The van der Waals surface area contributed by atoms with E-state index in [1.165, 1.54) is 10.9 Å². The molecule has 1 aliphatic rings. The van der Waals surface area contributed by atoms with Crippen molar-refractivity contribution in [3.05, 3.63) is 35.0 Å². The van der Waals surface area contributed by atoms with Gasteiger partial charge in [-0.1, -0.05) is 11.6 Å². The number of rotatable bonds is 2. The second kappa shape index (κ2) is 5.53. The van der Waals surface area contributed by atoms with Crippen molar-refractivity contribution in [2.24, 2.45) is 0 Å². The summed E-state index contributed by atoms with van der Waals surface area (Å²) < 4.78 is 5.50. The summed E-state index contributed by atoms with van der Waals surface area (Å²) in [5, 5.41) is 1.17. The SMILES string of the molecule is Cc1ccc2[nH]c(C)c(CC(=O)N3CCOC(C)C3)c2c1. The molecule has 0 saturated carbocycles. The number of carbonyl (C=O) groups is 1. The summed E-state index contributed by atoms with van der Waals surface area (Å²) in [5.74, 6) is 0.190. The van der Waals surface area contributed by atoms with Gasteiger partial charge in [-0.15, -0.1) is 0 Å². The summed E-state index contributed by atoms with van der Waals surface area (Å²) in [6.45, 7) is 8.17. The summed E-state index contributed by atoms with van der Waals surface area (Å²) in [6, 6.07) is 6.33. The Hall–Kier alpha value is -1.81. The predicted molar refractivity (Wildman–Crippen MR) is 83.5 cm³/mol. The minimum atomic E-state index is 0.133. The zero-order chi connectivity index (χ0) is 15.0. The summed E-state index contributed by atoms with van der Waals surface area (Å²) >= 11 is 0. The molecule has 1 saturated heterocycles. The van der Waals surface area contributed by atoms with Gasteiger partial charge in [0.05, 0.1) is 19.1 Å². The number of fused-ring (bicyclic) bond motifs is 1. The Morgan fingerprint density at radius 2 is 2.24 bits per heavy atom. The number of aromatic amines is 1. The van der Waals surface area contributed by atoms with Crippen LogP contribution in [0.5, 0.6) is 0 Å². The number of nitrogens with one attached hydrogen (secondary N) is 1. The number of H-pyrrole nitrogens is 1. The molecule has 1 atom stereocenters. The molecular formula is C17H22N2O2. The zero-order valence-corrected chi connectivity index (χ0v) is 12.9. The van der Waals surface area contributed by atoms with Crippen molar-refractivity contribution in [3.63, 3.8) is 0 Å². The number of amides is 1. The van der Waals surface area contributed by atoms with Crippen LogP contribution in [-0.4, -0.2) is 41.6 Å². The number of aromatic nitrogens is 1. The largest absolute Gasteiger partial charge is 0.375 e. The minimum absolute atomic E-state index is 0.133. The molecule has 2 heterocycles. The molecule has 21 heavy (non-hydrogen) atoms. The van der Waals surface area contributed by atoms with E-state index in [-0.39, 0.29) is 12.0 Å². The fraction of sp³-hybridized carbons (Fsp3) is 0.471. The smallest absolute Gasteiger partial charge is 0.227 e. The third kappa shape index (κ3) is 2.81. The van der Waals surface area contributed by atoms with Crippen LogP contribution in [0.25, 0.3) is 10.9 Å². The Kier molecular flexibility index (Phi) is 3.72. The van der Waals surface area contributed by atoms with Crippen LogP contribution < -0.4 is 0 Å². The molecule has 2 aromatic rings. The Morgan fingerprint density at radius 3 is 3.00 bits per heavy atom. The summed E-state index contributed by atoms with van der Waals surface area (Å²) in [4.78, 5) is 17.8. The van der Waals surface area contributed by atoms with Crippen molar-refractivity contribution in [1.29, 1.82) is 0 Å². The van der Waals surface area contributed by atoms with Gasteiger partial charge >= 0.3 is 0 Å². The van der Waals surface area contributed by atoms with Crippen LogP contribution in [-0.2, 0) is 16.0 Å². The molecule has 1 aliphatic heterocycles. The third-order valence-corrected chi connectivity index (χ3v) is 4.20. The third-order valence-electron chi connectivity index (χ3n) is 4.20. The number of benzene rings is 1.